The van der Waals surface area contributed by atoms with Gasteiger partial charge in [-0.2, -0.15) is 0 Å². The van der Waals surface area contributed by atoms with E-state index in [1.54, 1.807) is 12.3 Å². The Morgan fingerprint density at radius 3 is 2.65 bits per heavy atom. The summed E-state index contributed by atoms with van der Waals surface area (Å²) in [7, 11) is 0. The molecule has 0 aliphatic carbocycles. The molecule has 2 aromatic carbocycles. The predicted molar refractivity (Wildman–Crippen MR) is 131 cm³/mol. The number of carbonyl (C=O) groups is 2. The van der Waals surface area contributed by atoms with Crippen LogP contribution in [-0.4, -0.2) is 38.4 Å². The van der Waals surface area contributed by atoms with Crippen molar-refractivity contribution < 1.29 is 14.0 Å². The highest BCUT2D eigenvalue weighted by atomic mass is 32.2. The van der Waals surface area contributed by atoms with E-state index in [9.17, 15) is 9.59 Å². The van der Waals surface area contributed by atoms with Crippen molar-refractivity contribution in [3.8, 4) is 11.4 Å². The van der Waals surface area contributed by atoms with E-state index in [0.29, 0.717) is 28.9 Å². The lowest BCUT2D eigenvalue weighted by atomic mass is 10.2. The van der Waals surface area contributed by atoms with E-state index in [1.165, 1.54) is 16.7 Å². The van der Waals surface area contributed by atoms with Crippen LogP contribution >= 0.6 is 11.8 Å². The maximum absolute atomic E-state index is 13.4. The van der Waals surface area contributed by atoms with E-state index >= 15 is 0 Å². The Morgan fingerprint density at radius 2 is 1.88 bits per heavy atom. The van der Waals surface area contributed by atoms with Gasteiger partial charge >= 0.3 is 0 Å². The lowest BCUT2D eigenvalue weighted by Gasteiger charge is -2.30. The molecule has 0 saturated heterocycles. The highest BCUT2D eigenvalue weighted by Gasteiger charge is 2.31. The highest BCUT2D eigenvalue weighted by Crippen LogP contribution is 2.33. The van der Waals surface area contributed by atoms with Crippen LogP contribution in [-0.2, 0) is 16.1 Å². The number of benzene rings is 2. The van der Waals surface area contributed by atoms with Gasteiger partial charge in [-0.1, -0.05) is 54.2 Å². The first-order chi connectivity index (χ1) is 16.5. The molecule has 1 aliphatic heterocycles. The molecule has 3 heterocycles. The second kappa shape index (κ2) is 9.18. The van der Waals surface area contributed by atoms with Gasteiger partial charge in [0.05, 0.1) is 35.0 Å². The van der Waals surface area contributed by atoms with E-state index in [1.807, 2.05) is 73.0 Å². The van der Waals surface area contributed by atoms with Crippen molar-refractivity contribution in [2.75, 3.05) is 16.8 Å². The summed E-state index contributed by atoms with van der Waals surface area (Å²) in [6.07, 6.45) is 1.63. The van der Waals surface area contributed by atoms with Crippen molar-refractivity contribution >= 4 is 35.0 Å². The molecule has 0 unspecified atom stereocenters. The lowest BCUT2D eigenvalue weighted by molar-refractivity contribution is -0.121. The Bertz CT molecular complexity index is 1350. The average Bonchev–Trinajstić information content (AvgIpc) is 3.44. The number of aromatic nitrogens is 3. The Kier molecular flexibility index (Phi) is 5.93. The van der Waals surface area contributed by atoms with Crippen LogP contribution < -0.4 is 10.2 Å². The fraction of sp³-hybridized carbons (Fsp3) is 0.200. The molecule has 9 heteroatoms. The summed E-state index contributed by atoms with van der Waals surface area (Å²) >= 11 is 1.33. The first-order valence-corrected chi connectivity index (χ1v) is 11.8. The summed E-state index contributed by atoms with van der Waals surface area (Å²) in [5.74, 6) is 1.05. The number of amides is 2. The number of aryl methyl sites for hydroxylation is 1. The summed E-state index contributed by atoms with van der Waals surface area (Å²) in [6, 6.07) is 19.2. The van der Waals surface area contributed by atoms with E-state index in [0.717, 1.165) is 16.9 Å². The zero-order valence-electron chi connectivity index (χ0n) is 18.8. The second-order valence-corrected chi connectivity index (χ2v) is 9.33. The van der Waals surface area contributed by atoms with Crippen molar-refractivity contribution in [2.24, 2.45) is 0 Å². The number of carbonyl (C=O) groups excluding carboxylic acids is 2. The number of hydrogen-bond acceptors (Lipinski definition) is 6. The molecule has 0 saturated carbocycles. The number of furan rings is 1. The fourth-order valence-corrected chi connectivity index (χ4v) is 4.87. The molecule has 0 radical (unpaired) electrons. The van der Waals surface area contributed by atoms with Crippen LogP contribution in [0.25, 0.3) is 11.4 Å². The van der Waals surface area contributed by atoms with Crippen molar-refractivity contribution in [1.29, 1.82) is 0 Å². The largest absolute Gasteiger partial charge is 0.469 e. The van der Waals surface area contributed by atoms with Gasteiger partial charge in [-0.25, -0.2) is 0 Å². The lowest BCUT2D eigenvalue weighted by Crippen LogP contribution is -2.45. The molecule has 34 heavy (non-hydrogen) atoms. The molecule has 1 aliphatic rings. The molecule has 2 aromatic heterocycles. The van der Waals surface area contributed by atoms with Crippen molar-refractivity contribution in [3.63, 3.8) is 0 Å². The third-order valence-electron chi connectivity index (χ3n) is 5.67. The molecule has 5 rings (SSSR count). The second-order valence-electron chi connectivity index (χ2n) is 8.02. The molecule has 172 valence electrons. The van der Waals surface area contributed by atoms with Crippen LogP contribution in [0.3, 0.4) is 0 Å². The maximum Gasteiger partial charge on any atom is 0.244 e. The average molecular weight is 474 g/mol. The van der Waals surface area contributed by atoms with E-state index < -0.39 is 5.25 Å². The standard InChI is InChI=1S/C25H23N5O3S/c1-16-19(12-13-33-16)23-27-28-25(30(23)14-18-8-4-3-5-9-18)34-17(2)24(32)29-15-22(31)26-20-10-6-7-11-21(20)29/h3-13,17H,14-15H2,1-2H3,(H,26,31)/t17-/m1/s1. The summed E-state index contributed by atoms with van der Waals surface area (Å²) < 4.78 is 7.49. The van der Waals surface area contributed by atoms with Gasteiger partial charge in [-0.05, 0) is 37.6 Å². The van der Waals surface area contributed by atoms with E-state index in [4.69, 9.17) is 4.42 Å². The summed E-state index contributed by atoms with van der Waals surface area (Å²) in [5, 5.41) is 11.8. The van der Waals surface area contributed by atoms with Crippen LogP contribution in [0.15, 0.2) is 76.5 Å². The minimum atomic E-state index is -0.490. The van der Waals surface area contributed by atoms with E-state index in [-0.39, 0.29) is 18.4 Å². The zero-order chi connectivity index (χ0) is 23.7. The molecule has 0 spiro atoms. The van der Waals surface area contributed by atoms with Gasteiger partial charge < -0.3 is 9.73 Å². The number of fused-ring (bicyclic) bond motifs is 1. The van der Waals surface area contributed by atoms with Gasteiger partial charge in [-0.15, -0.1) is 10.2 Å². The zero-order valence-corrected chi connectivity index (χ0v) is 19.6. The number of thioether (sulfide) groups is 1. The van der Waals surface area contributed by atoms with Gasteiger partial charge in [0.1, 0.15) is 12.3 Å². The number of rotatable bonds is 6. The van der Waals surface area contributed by atoms with Gasteiger partial charge in [-0.3, -0.25) is 19.1 Å². The van der Waals surface area contributed by atoms with Gasteiger partial charge in [0.2, 0.25) is 11.8 Å². The van der Waals surface area contributed by atoms with Crippen LogP contribution in [0.1, 0.15) is 18.2 Å². The van der Waals surface area contributed by atoms with Crippen LogP contribution in [0.2, 0.25) is 0 Å². The molecular weight excluding hydrogens is 450 g/mol. The summed E-state index contributed by atoms with van der Waals surface area (Å²) in [6.45, 7) is 4.24. The molecule has 0 fully saturated rings. The van der Waals surface area contributed by atoms with E-state index in [2.05, 4.69) is 15.5 Å². The minimum Gasteiger partial charge on any atom is -0.469 e. The van der Waals surface area contributed by atoms with Crippen LogP contribution in [0.4, 0.5) is 11.4 Å². The van der Waals surface area contributed by atoms with Crippen molar-refractivity contribution in [1.82, 2.24) is 14.8 Å². The number of para-hydroxylation sites is 2. The van der Waals surface area contributed by atoms with Gasteiger partial charge in [0, 0.05) is 0 Å². The third kappa shape index (κ3) is 4.22. The van der Waals surface area contributed by atoms with Crippen molar-refractivity contribution in [2.45, 2.75) is 30.8 Å². The molecule has 8 nitrogen and oxygen atoms in total. The molecule has 4 aromatic rings. The smallest absolute Gasteiger partial charge is 0.244 e. The molecular formula is C25H23N5O3S. The monoisotopic (exact) mass is 473 g/mol. The van der Waals surface area contributed by atoms with Gasteiger partial charge in [0.25, 0.3) is 0 Å². The fourth-order valence-electron chi connectivity index (χ4n) is 3.96. The van der Waals surface area contributed by atoms with Crippen LogP contribution in [0, 0.1) is 6.92 Å². The number of hydrogen-bond donors (Lipinski definition) is 1. The highest BCUT2D eigenvalue weighted by molar-refractivity contribution is 8.00. The minimum absolute atomic E-state index is 0.0169. The predicted octanol–water partition coefficient (Wildman–Crippen LogP) is 4.36. The molecule has 0 bridgehead atoms. The number of nitrogens with one attached hydrogen (secondary N) is 1. The maximum atomic E-state index is 13.4. The normalized spacial score (nSPS) is 13.9. The Labute approximate surface area is 201 Å². The quantitative estimate of drug-likeness (QED) is 0.418. The summed E-state index contributed by atoms with van der Waals surface area (Å²) in [5.41, 5.74) is 3.28. The molecule has 2 amide bonds. The van der Waals surface area contributed by atoms with Crippen molar-refractivity contribution in [3.05, 3.63) is 78.3 Å². The summed E-state index contributed by atoms with van der Waals surface area (Å²) in [4.78, 5) is 27.2. The number of anilines is 2. The Balaban J connectivity index is 1.45. The molecule has 1 N–H and O–H groups in total. The SMILES string of the molecule is Cc1occc1-c1nnc(S[C@H](C)C(=O)N2CC(=O)Nc3ccccc32)n1Cc1ccccc1. The van der Waals surface area contributed by atoms with Crippen LogP contribution in [0.5, 0.6) is 0 Å². The Morgan fingerprint density at radius 1 is 1.12 bits per heavy atom. The first kappa shape index (κ1) is 22.0. The van der Waals surface area contributed by atoms with Gasteiger partial charge in [0.15, 0.2) is 11.0 Å². The topological polar surface area (TPSA) is 93.3 Å². The number of nitrogens with zero attached hydrogens (tertiary/aromatic N) is 4. The Hall–Kier alpha value is -3.85. The molecule has 1 atom stereocenters. The first-order valence-electron chi connectivity index (χ1n) is 10.9. The third-order valence-corrected chi connectivity index (χ3v) is 6.73.